The van der Waals surface area contributed by atoms with Crippen LogP contribution in [0.3, 0.4) is 0 Å². The maximum Gasteiger partial charge on any atom is 0.508 e. The van der Waals surface area contributed by atoms with Crippen molar-refractivity contribution in [3.05, 3.63) is 52.6 Å². The van der Waals surface area contributed by atoms with Gasteiger partial charge in [-0.1, -0.05) is 12.1 Å². The topological polar surface area (TPSA) is 200 Å². The van der Waals surface area contributed by atoms with Gasteiger partial charge in [0.05, 0.1) is 6.10 Å². The minimum Gasteiger partial charge on any atom is -0.462 e. The van der Waals surface area contributed by atoms with Crippen LogP contribution in [0.1, 0.15) is 32.6 Å². The zero-order valence-corrected chi connectivity index (χ0v) is 24.6. The van der Waals surface area contributed by atoms with Crippen molar-refractivity contribution < 1.29 is 56.2 Å². The number of esters is 1. The number of carbonyl (C=O) groups excluding carboxylic acids is 2. The number of aliphatic hydroxyl groups excluding tert-OH is 1. The molecule has 1 saturated heterocycles. The van der Waals surface area contributed by atoms with E-state index in [4.69, 9.17) is 33.9 Å². The Labute approximate surface area is 244 Å². The van der Waals surface area contributed by atoms with Crippen molar-refractivity contribution in [1.82, 2.24) is 14.6 Å². The van der Waals surface area contributed by atoms with Gasteiger partial charge < -0.3 is 39.0 Å². The fourth-order valence-corrected chi connectivity index (χ4v) is 5.48. The van der Waals surface area contributed by atoms with Gasteiger partial charge in [0.25, 0.3) is 0 Å². The van der Waals surface area contributed by atoms with Crippen molar-refractivity contribution in [2.45, 2.75) is 63.9 Å². The van der Waals surface area contributed by atoms with Crippen molar-refractivity contribution in [2.75, 3.05) is 25.8 Å². The van der Waals surface area contributed by atoms with Gasteiger partial charge in [-0.25, -0.2) is 14.7 Å². The summed E-state index contributed by atoms with van der Waals surface area (Å²) in [5.41, 5.74) is 4.70. The van der Waals surface area contributed by atoms with Gasteiger partial charge in [-0.15, -0.1) is 0 Å². The summed E-state index contributed by atoms with van der Waals surface area (Å²) in [5.74, 6) is -4.57. The Morgan fingerprint density at radius 2 is 1.88 bits per heavy atom. The van der Waals surface area contributed by atoms with Gasteiger partial charge >= 0.3 is 31.3 Å². The molecule has 0 radical (unpaired) electrons. The van der Waals surface area contributed by atoms with Crippen LogP contribution in [-0.2, 0) is 39.7 Å². The largest absolute Gasteiger partial charge is 0.508 e. The number of benzene rings is 1. The second kappa shape index (κ2) is 14.2. The van der Waals surface area contributed by atoms with E-state index in [1.165, 1.54) is 38.3 Å². The van der Waals surface area contributed by atoms with E-state index >= 15 is 0 Å². The number of aromatic nitrogens is 2. The SMILES string of the molecule is COCP(=O)(N[C@H](C)C(=O)OC(C)C)Oc1ccc(COC(=O)OCC2O[C@@H](n3ccc(N)nc3=O)C(F)(F)C2O)cc1. The molecule has 238 valence electrons. The summed E-state index contributed by atoms with van der Waals surface area (Å²) in [6.07, 6.45) is -7.31. The van der Waals surface area contributed by atoms with Crippen molar-refractivity contribution in [3.63, 3.8) is 0 Å². The maximum absolute atomic E-state index is 14.6. The monoisotopic (exact) mass is 634 g/mol. The molecular formula is C25H33F2N4O11P. The summed E-state index contributed by atoms with van der Waals surface area (Å²) in [6.45, 7) is 3.72. The highest BCUT2D eigenvalue weighted by Crippen LogP contribution is 2.44. The third-order valence-corrected chi connectivity index (χ3v) is 7.66. The van der Waals surface area contributed by atoms with Crippen molar-refractivity contribution in [3.8, 4) is 5.75 Å². The summed E-state index contributed by atoms with van der Waals surface area (Å²) in [4.78, 5) is 39.5. The molecule has 0 bridgehead atoms. The molecule has 0 saturated carbocycles. The molecule has 43 heavy (non-hydrogen) atoms. The molecule has 3 unspecified atom stereocenters. The number of rotatable bonds is 13. The molecule has 0 amide bonds. The Kier molecular flexibility index (Phi) is 11.2. The lowest BCUT2D eigenvalue weighted by Gasteiger charge is -2.23. The zero-order valence-electron chi connectivity index (χ0n) is 23.7. The fourth-order valence-electron chi connectivity index (χ4n) is 3.80. The van der Waals surface area contributed by atoms with Gasteiger partial charge in [-0.3, -0.25) is 13.9 Å². The van der Waals surface area contributed by atoms with Crippen LogP contribution in [0, 0.1) is 0 Å². The molecule has 0 spiro atoms. The molecular weight excluding hydrogens is 601 g/mol. The van der Waals surface area contributed by atoms with E-state index < -0.39 is 62.3 Å². The van der Waals surface area contributed by atoms with Crippen molar-refractivity contribution in [2.24, 2.45) is 0 Å². The first kappa shape index (κ1) is 33.9. The van der Waals surface area contributed by atoms with Gasteiger partial charge in [-0.2, -0.15) is 13.8 Å². The Bertz CT molecular complexity index is 1380. The average Bonchev–Trinajstić information content (AvgIpc) is 3.14. The number of carbonyl (C=O) groups is 2. The second-order valence-electron chi connectivity index (χ2n) is 9.70. The summed E-state index contributed by atoms with van der Waals surface area (Å²) < 4.78 is 73.4. The molecule has 3 rings (SSSR count). The number of hydrogen-bond acceptors (Lipinski definition) is 13. The van der Waals surface area contributed by atoms with E-state index in [0.717, 1.165) is 12.3 Å². The normalized spacial score (nSPS) is 21.5. The number of anilines is 1. The number of halogens is 2. The van der Waals surface area contributed by atoms with Crippen LogP contribution < -0.4 is 21.0 Å². The quantitative estimate of drug-likeness (QED) is 0.214. The number of hydrogen-bond donors (Lipinski definition) is 3. The number of nitrogens with one attached hydrogen (secondary N) is 1. The number of alkyl halides is 2. The number of aliphatic hydroxyl groups is 1. The van der Waals surface area contributed by atoms with E-state index in [1.807, 2.05) is 0 Å². The summed E-state index contributed by atoms with van der Waals surface area (Å²) in [6, 6.07) is 6.00. The van der Waals surface area contributed by atoms with E-state index in [0.29, 0.717) is 10.1 Å². The molecule has 1 aliphatic heterocycles. The lowest BCUT2D eigenvalue weighted by Crippen LogP contribution is -2.42. The summed E-state index contributed by atoms with van der Waals surface area (Å²) in [5, 5.41) is 12.6. The number of nitrogen functional groups attached to an aromatic ring is 1. The second-order valence-corrected chi connectivity index (χ2v) is 11.7. The van der Waals surface area contributed by atoms with Crippen molar-refractivity contribution >= 4 is 25.5 Å². The Morgan fingerprint density at radius 3 is 2.49 bits per heavy atom. The highest BCUT2D eigenvalue weighted by molar-refractivity contribution is 7.57. The third-order valence-electron chi connectivity index (χ3n) is 5.78. The molecule has 1 aromatic carbocycles. The fraction of sp³-hybridized carbons (Fsp3) is 0.520. The number of nitrogens with two attached hydrogens (primary N) is 1. The summed E-state index contributed by atoms with van der Waals surface area (Å²) in [7, 11) is -2.38. The molecule has 15 nitrogen and oxygen atoms in total. The molecule has 1 aliphatic rings. The van der Waals surface area contributed by atoms with Crippen molar-refractivity contribution in [1.29, 1.82) is 0 Å². The Hall–Kier alpha value is -3.63. The highest BCUT2D eigenvalue weighted by Gasteiger charge is 2.60. The van der Waals surface area contributed by atoms with Crippen LogP contribution in [0.2, 0.25) is 0 Å². The highest BCUT2D eigenvalue weighted by atomic mass is 31.2. The molecule has 18 heteroatoms. The van der Waals surface area contributed by atoms with Gasteiger partial charge in [0, 0.05) is 13.3 Å². The number of methoxy groups -OCH3 is 1. The van der Waals surface area contributed by atoms with Gasteiger partial charge in [-0.05, 0) is 44.5 Å². The smallest absolute Gasteiger partial charge is 0.462 e. The number of ether oxygens (including phenoxy) is 5. The van der Waals surface area contributed by atoms with Crippen LogP contribution in [0.15, 0.2) is 41.3 Å². The minimum atomic E-state index is -3.92. The van der Waals surface area contributed by atoms with E-state index in [9.17, 15) is 32.8 Å². The molecule has 2 heterocycles. The molecule has 4 N–H and O–H groups in total. The van der Waals surface area contributed by atoms with E-state index in [1.54, 1.807) is 13.8 Å². The zero-order chi connectivity index (χ0) is 31.9. The lowest BCUT2D eigenvalue weighted by atomic mass is 10.1. The Morgan fingerprint density at radius 1 is 1.21 bits per heavy atom. The van der Waals surface area contributed by atoms with Crippen LogP contribution in [0.4, 0.5) is 19.4 Å². The Balaban J connectivity index is 1.52. The van der Waals surface area contributed by atoms with Crippen LogP contribution in [-0.4, -0.2) is 77.1 Å². The minimum absolute atomic E-state index is 0.155. The lowest BCUT2D eigenvalue weighted by molar-refractivity contribution is -0.149. The summed E-state index contributed by atoms with van der Waals surface area (Å²) >= 11 is 0. The predicted molar refractivity (Wildman–Crippen MR) is 144 cm³/mol. The molecule has 5 atom stereocenters. The van der Waals surface area contributed by atoms with Gasteiger partial charge in [0.2, 0.25) is 6.23 Å². The standard InChI is InChI=1S/C25H33F2N4O11P/c1-14(2)40-21(33)15(3)30-43(36,13-37-4)42-17-7-5-16(6-8-17)11-38-24(35)39-12-18-20(32)25(26,27)22(41-18)31-10-9-19(28)29-23(31)34/h5-10,14-15,18,20,22,32H,11-13H2,1-4H3,(H,30,36)(H2,28,29,34)/t15-,18?,20?,22-,43?/m1/s1. The number of nitrogens with zero attached hydrogens (tertiary/aromatic N) is 2. The molecule has 2 aromatic rings. The average molecular weight is 635 g/mol. The first-order chi connectivity index (χ1) is 20.1. The third kappa shape index (κ3) is 8.93. The van der Waals surface area contributed by atoms with Crippen LogP contribution in [0.5, 0.6) is 5.75 Å². The van der Waals surface area contributed by atoms with E-state index in [-0.39, 0.29) is 30.6 Å². The van der Waals surface area contributed by atoms with Gasteiger partial charge in [0.15, 0.2) is 6.10 Å². The van der Waals surface area contributed by atoms with E-state index in [2.05, 4.69) is 10.1 Å². The molecule has 1 aromatic heterocycles. The maximum atomic E-state index is 14.6. The predicted octanol–water partition coefficient (Wildman–Crippen LogP) is 2.18. The molecule has 0 aliphatic carbocycles. The van der Waals surface area contributed by atoms with Crippen LogP contribution >= 0.6 is 7.52 Å². The molecule has 1 fully saturated rings. The first-order valence-electron chi connectivity index (χ1n) is 12.9. The van der Waals surface area contributed by atoms with Crippen LogP contribution in [0.25, 0.3) is 0 Å². The van der Waals surface area contributed by atoms with Gasteiger partial charge in [0.1, 0.15) is 43.3 Å². The first-order valence-corrected chi connectivity index (χ1v) is 14.7.